The van der Waals surface area contributed by atoms with Crippen molar-refractivity contribution in [3.05, 3.63) is 58.6 Å². The van der Waals surface area contributed by atoms with Crippen LogP contribution in [0.2, 0.25) is 5.02 Å². The molecule has 3 rings (SSSR count). The molecule has 1 heterocycles. The standard InChI is InChI=1S/C25H27ClN2O5/c1-16(2)15-33-25-20(26)12-18(13-21(25)32-3)6-9-22(29)27-19-7-4-17(5-8-19)14-28-23(30)10-11-24(28)31/h4-9,12-13,16H,10-11,14-15H2,1-3H3,(H,27,29)/b9-6+. The number of imide groups is 1. The molecule has 174 valence electrons. The van der Waals surface area contributed by atoms with Gasteiger partial charge >= 0.3 is 0 Å². The minimum atomic E-state index is -0.317. The van der Waals surface area contributed by atoms with Crippen molar-refractivity contribution in [1.29, 1.82) is 0 Å². The van der Waals surface area contributed by atoms with Crippen LogP contribution in [-0.2, 0) is 20.9 Å². The van der Waals surface area contributed by atoms with Crippen LogP contribution in [0, 0.1) is 5.92 Å². The summed E-state index contributed by atoms with van der Waals surface area (Å²) >= 11 is 6.35. The average molecular weight is 471 g/mol. The van der Waals surface area contributed by atoms with Gasteiger partial charge in [0, 0.05) is 24.6 Å². The van der Waals surface area contributed by atoms with Gasteiger partial charge in [0.25, 0.3) is 0 Å². The molecular formula is C25H27ClN2O5. The Balaban J connectivity index is 1.61. The number of nitrogens with zero attached hydrogens (tertiary/aromatic N) is 1. The first-order valence-electron chi connectivity index (χ1n) is 10.7. The number of halogens is 1. The first-order chi connectivity index (χ1) is 15.8. The van der Waals surface area contributed by atoms with Crippen LogP contribution in [0.4, 0.5) is 5.69 Å². The molecule has 8 heteroatoms. The fourth-order valence-corrected chi connectivity index (χ4v) is 3.53. The topological polar surface area (TPSA) is 84.9 Å². The molecule has 1 N–H and O–H groups in total. The van der Waals surface area contributed by atoms with Gasteiger partial charge in [-0.2, -0.15) is 0 Å². The first-order valence-corrected chi connectivity index (χ1v) is 11.1. The number of hydrogen-bond acceptors (Lipinski definition) is 5. The molecule has 0 aromatic heterocycles. The second-order valence-corrected chi connectivity index (χ2v) is 8.54. The lowest BCUT2D eigenvalue weighted by molar-refractivity contribution is -0.139. The first kappa shape index (κ1) is 24.3. The lowest BCUT2D eigenvalue weighted by Crippen LogP contribution is -2.28. The lowest BCUT2D eigenvalue weighted by Gasteiger charge is -2.14. The largest absolute Gasteiger partial charge is 0.493 e. The summed E-state index contributed by atoms with van der Waals surface area (Å²) < 4.78 is 11.1. The zero-order valence-corrected chi connectivity index (χ0v) is 19.6. The van der Waals surface area contributed by atoms with E-state index in [1.165, 1.54) is 18.1 Å². The van der Waals surface area contributed by atoms with E-state index >= 15 is 0 Å². The number of benzene rings is 2. The molecule has 0 aliphatic carbocycles. The number of ether oxygens (including phenoxy) is 2. The number of carbonyl (C=O) groups is 3. The number of amides is 3. The van der Waals surface area contributed by atoms with Crippen LogP contribution < -0.4 is 14.8 Å². The maximum absolute atomic E-state index is 12.3. The van der Waals surface area contributed by atoms with E-state index in [-0.39, 0.29) is 37.1 Å². The number of rotatable bonds is 9. The van der Waals surface area contributed by atoms with Crippen molar-refractivity contribution in [1.82, 2.24) is 4.90 Å². The highest BCUT2D eigenvalue weighted by molar-refractivity contribution is 6.32. The van der Waals surface area contributed by atoms with Crippen molar-refractivity contribution in [3.8, 4) is 11.5 Å². The second-order valence-electron chi connectivity index (χ2n) is 8.13. The van der Waals surface area contributed by atoms with Gasteiger partial charge in [-0.3, -0.25) is 19.3 Å². The minimum Gasteiger partial charge on any atom is -0.493 e. The van der Waals surface area contributed by atoms with E-state index in [0.29, 0.717) is 40.3 Å². The van der Waals surface area contributed by atoms with Crippen LogP contribution in [0.15, 0.2) is 42.5 Å². The van der Waals surface area contributed by atoms with Gasteiger partial charge in [0.1, 0.15) is 0 Å². The van der Waals surface area contributed by atoms with Crippen LogP contribution in [0.1, 0.15) is 37.8 Å². The molecule has 1 saturated heterocycles. The molecule has 0 atom stereocenters. The normalized spacial score (nSPS) is 13.8. The van der Waals surface area contributed by atoms with Crippen molar-refractivity contribution in [2.75, 3.05) is 19.0 Å². The predicted molar refractivity (Wildman–Crippen MR) is 127 cm³/mol. The smallest absolute Gasteiger partial charge is 0.248 e. The van der Waals surface area contributed by atoms with Crippen LogP contribution >= 0.6 is 11.6 Å². The molecule has 0 bridgehead atoms. The maximum Gasteiger partial charge on any atom is 0.248 e. The van der Waals surface area contributed by atoms with E-state index < -0.39 is 0 Å². The maximum atomic E-state index is 12.3. The minimum absolute atomic E-state index is 0.154. The zero-order valence-electron chi connectivity index (χ0n) is 18.9. The second kappa shape index (κ2) is 11.0. The van der Waals surface area contributed by atoms with Gasteiger partial charge in [0.2, 0.25) is 17.7 Å². The quantitative estimate of drug-likeness (QED) is 0.424. The SMILES string of the molecule is COc1cc(/C=C/C(=O)Nc2ccc(CN3C(=O)CCC3=O)cc2)cc(Cl)c1OCC(C)C. The van der Waals surface area contributed by atoms with Gasteiger partial charge in [-0.1, -0.05) is 37.6 Å². The van der Waals surface area contributed by atoms with E-state index in [4.69, 9.17) is 21.1 Å². The van der Waals surface area contributed by atoms with Crippen molar-refractivity contribution in [3.63, 3.8) is 0 Å². The Morgan fingerprint density at radius 3 is 2.42 bits per heavy atom. The van der Waals surface area contributed by atoms with E-state index in [2.05, 4.69) is 5.32 Å². The summed E-state index contributed by atoms with van der Waals surface area (Å²) in [5.74, 6) is 0.689. The molecule has 3 amide bonds. The highest BCUT2D eigenvalue weighted by Crippen LogP contribution is 2.37. The van der Waals surface area contributed by atoms with Gasteiger partial charge < -0.3 is 14.8 Å². The summed E-state index contributed by atoms with van der Waals surface area (Å²) in [5.41, 5.74) is 2.10. The van der Waals surface area contributed by atoms with Crippen LogP contribution in [-0.4, -0.2) is 36.3 Å². The molecule has 0 spiro atoms. The lowest BCUT2D eigenvalue weighted by atomic mass is 10.1. The molecule has 0 saturated carbocycles. The van der Waals surface area contributed by atoms with E-state index in [1.54, 1.807) is 42.5 Å². The zero-order chi connectivity index (χ0) is 24.0. The molecule has 1 fully saturated rings. The summed E-state index contributed by atoms with van der Waals surface area (Å²) in [4.78, 5) is 37.1. The molecule has 0 radical (unpaired) electrons. The van der Waals surface area contributed by atoms with Gasteiger partial charge in [-0.15, -0.1) is 0 Å². The molecular weight excluding hydrogens is 444 g/mol. The Kier molecular flexibility index (Phi) is 8.11. The molecule has 2 aromatic rings. The molecule has 2 aromatic carbocycles. The summed E-state index contributed by atoms with van der Waals surface area (Å²) in [5, 5.41) is 3.18. The Morgan fingerprint density at radius 2 is 1.82 bits per heavy atom. The highest BCUT2D eigenvalue weighted by Gasteiger charge is 2.28. The monoisotopic (exact) mass is 470 g/mol. The van der Waals surface area contributed by atoms with E-state index in [9.17, 15) is 14.4 Å². The highest BCUT2D eigenvalue weighted by atomic mass is 35.5. The molecule has 1 aliphatic heterocycles. The van der Waals surface area contributed by atoms with Crippen molar-refractivity contribution >= 4 is 41.1 Å². The summed E-state index contributed by atoms with van der Waals surface area (Å²) in [6.07, 6.45) is 3.57. The van der Waals surface area contributed by atoms with Gasteiger partial charge in [0.15, 0.2) is 11.5 Å². The Bertz CT molecular complexity index is 1050. The molecule has 1 aliphatic rings. The van der Waals surface area contributed by atoms with Crippen LogP contribution in [0.5, 0.6) is 11.5 Å². The summed E-state index contributed by atoms with van der Waals surface area (Å²) in [6.45, 7) is 4.83. The number of carbonyl (C=O) groups excluding carboxylic acids is 3. The van der Waals surface area contributed by atoms with Gasteiger partial charge in [0.05, 0.1) is 25.3 Å². The third-order valence-corrected chi connectivity index (χ3v) is 5.24. The molecule has 7 nitrogen and oxygen atoms in total. The molecule has 33 heavy (non-hydrogen) atoms. The number of anilines is 1. The number of hydrogen-bond donors (Lipinski definition) is 1. The van der Waals surface area contributed by atoms with Crippen molar-refractivity contribution in [2.24, 2.45) is 5.92 Å². The van der Waals surface area contributed by atoms with Crippen molar-refractivity contribution < 1.29 is 23.9 Å². The predicted octanol–water partition coefficient (Wildman–Crippen LogP) is 4.68. The van der Waals surface area contributed by atoms with Crippen LogP contribution in [0.3, 0.4) is 0 Å². The van der Waals surface area contributed by atoms with E-state index in [1.807, 2.05) is 13.8 Å². The summed E-state index contributed by atoms with van der Waals surface area (Å²) in [7, 11) is 1.54. The third-order valence-electron chi connectivity index (χ3n) is 4.96. The van der Waals surface area contributed by atoms with E-state index in [0.717, 1.165) is 5.56 Å². The molecule has 0 unspecified atom stereocenters. The van der Waals surface area contributed by atoms with Gasteiger partial charge in [-0.05, 0) is 47.4 Å². The Hall–Kier alpha value is -3.32. The Morgan fingerprint density at radius 1 is 1.15 bits per heavy atom. The van der Waals surface area contributed by atoms with Crippen LogP contribution in [0.25, 0.3) is 6.08 Å². The number of likely N-dealkylation sites (tertiary alicyclic amines) is 1. The number of methoxy groups -OCH3 is 1. The average Bonchev–Trinajstić information content (AvgIpc) is 3.09. The summed E-state index contributed by atoms with van der Waals surface area (Å²) in [6, 6.07) is 10.5. The van der Waals surface area contributed by atoms with Crippen molar-refractivity contribution in [2.45, 2.75) is 33.2 Å². The third kappa shape index (κ3) is 6.58. The fourth-order valence-electron chi connectivity index (χ4n) is 3.26. The van der Waals surface area contributed by atoms with Gasteiger partial charge in [-0.25, -0.2) is 0 Å². The Labute approximate surface area is 198 Å². The fraction of sp³-hybridized carbons (Fsp3) is 0.320. The number of nitrogens with one attached hydrogen (secondary N) is 1.